The lowest BCUT2D eigenvalue weighted by Crippen LogP contribution is -2.12. The minimum absolute atomic E-state index is 0.0116. The van der Waals surface area contributed by atoms with E-state index in [9.17, 15) is 0 Å². The number of halogens is 1. The Hall–Kier alpha value is -1.33. The third-order valence-corrected chi connectivity index (χ3v) is 4.08. The SMILES string of the molecule is N=C(N)c1ccc(Sc2ccccc2Br)cn1. The van der Waals surface area contributed by atoms with Crippen LogP contribution in [0.25, 0.3) is 0 Å². The van der Waals surface area contributed by atoms with Crippen molar-refractivity contribution in [1.29, 1.82) is 5.41 Å². The second kappa shape index (κ2) is 5.33. The Kier molecular flexibility index (Phi) is 3.81. The Morgan fingerprint density at radius 1 is 1.24 bits per heavy atom. The van der Waals surface area contributed by atoms with Crippen molar-refractivity contribution in [3.05, 3.63) is 52.8 Å². The summed E-state index contributed by atoms with van der Waals surface area (Å²) in [5.41, 5.74) is 5.85. The van der Waals surface area contributed by atoms with E-state index in [0.29, 0.717) is 5.69 Å². The number of nitrogen functional groups attached to an aromatic ring is 1. The number of aromatic nitrogens is 1. The molecule has 0 amide bonds. The molecule has 0 aliphatic carbocycles. The van der Waals surface area contributed by atoms with E-state index in [1.807, 2.05) is 30.3 Å². The van der Waals surface area contributed by atoms with Crippen LogP contribution in [0.2, 0.25) is 0 Å². The predicted molar refractivity (Wildman–Crippen MR) is 73.5 cm³/mol. The number of hydrogen-bond acceptors (Lipinski definition) is 3. The first kappa shape index (κ1) is 12.1. The van der Waals surface area contributed by atoms with E-state index in [0.717, 1.165) is 14.3 Å². The smallest absolute Gasteiger partial charge is 0.141 e. The van der Waals surface area contributed by atoms with Crippen LogP contribution in [0.5, 0.6) is 0 Å². The lowest BCUT2D eigenvalue weighted by molar-refractivity contribution is 1.19. The van der Waals surface area contributed by atoms with Crippen molar-refractivity contribution in [3.63, 3.8) is 0 Å². The molecule has 0 atom stereocenters. The summed E-state index contributed by atoms with van der Waals surface area (Å²) < 4.78 is 1.06. The minimum Gasteiger partial charge on any atom is -0.382 e. The largest absolute Gasteiger partial charge is 0.382 e. The summed E-state index contributed by atoms with van der Waals surface area (Å²) in [4.78, 5) is 6.26. The lowest BCUT2D eigenvalue weighted by atomic mass is 10.3. The molecule has 0 radical (unpaired) electrons. The summed E-state index contributed by atoms with van der Waals surface area (Å²) in [5.74, 6) is -0.0116. The summed E-state index contributed by atoms with van der Waals surface area (Å²) in [6.07, 6.45) is 1.72. The second-order valence-corrected chi connectivity index (χ2v) is 5.29. The molecule has 1 aromatic carbocycles. The van der Waals surface area contributed by atoms with E-state index in [1.54, 1.807) is 24.0 Å². The molecule has 0 aliphatic heterocycles. The molecule has 86 valence electrons. The number of benzene rings is 1. The molecular formula is C12H10BrN3S. The summed E-state index contributed by atoms with van der Waals surface area (Å²) in [6, 6.07) is 11.7. The molecule has 0 unspecified atom stereocenters. The van der Waals surface area contributed by atoms with Gasteiger partial charge in [-0.3, -0.25) is 10.4 Å². The Morgan fingerprint density at radius 2 is 2.00 bits per heavy atom. The number of nitrogens with one attached hydrogen (secondary N) is 1. The van der Waals surface area contributed by atoms with Crippen LogP contribution in [0.1, 0.15) is 5.69 Å². The van der Waals surface area contributed by atoms with Gasteiger partial charge in [0.05, 0.1) is 0 Å². The first-order chi connectivity index (χ1) is 8.16. The Bertz CT molecular complexity index is 540. The molecule has 0 fully saturated rings. The molecule has 2 rings (SSSR count). The van der Waals surface area contributed by atoms with Crippen LogP contribution in [0.4, 0.5) is 0 Å². The zero-order chi connectivity index (χ0) is 12.3. The van der Waals surface area contributed by atoms with Gasteiger partial charge in [0.2, 0.25) is 0 Å². The van der Waals surface area contributed by atoms with Gasteiger partial charge >= 0.3 is 0 Å². The molecule has 3 nitrogen and oxygen atoms in total. The average Bonchev–Trinajstić information content (AvgIpc) is 2.33. The van der Waals surface area contributed by atoms with Gasteiger partial charge < -0.3 is 5.73 Å². The predicted octanol–water partition coefficient (Wildman–Crippen LogP) is 3.28. The molecule has 17 heavy (non-hydrogen) atoms. The molecule has 0 saturated carbocycles. The highest BCUT2D eigenvalue weighted by Gasteiger charge is 2.03. The summed E-state index contributed by atoms with van der Waals surface area (Å²) >= 11 is 5.11. The van der Waals surface area contributed by atoms with Gasteiger partial charge in [-0.15, -0.1) is 0 Å². The van der Waals surface area contributed by atoms with E-state index in [4.69, 9.17) is 11.1 Å². The van der Waals surface area contributed by atoms with E-state index >= 15 is 0 Å². The molecule has 0 spiro atoms. The minimum atomic E-state index is -0.0116. The highest BCUT2D eigenvalue weighted by molar-refractivity contribution is 9.10. The zero-order valence-corrected chi connectivity index (χ0v) is 11.3. The molecule has 2 aromatic rings. The van der Waals surface area contributed by atoms with E-state index < -0.39 is 0 Å². The first-order valence-corrected chi connectivity index (χ1v) is 6.50. The van der Waals surface area contributed by atoms with Crippen molar-refractivity contribution >= 4 is 33.5 Å². The van der Waals surface area contributed by atoms with Crippen LogP contribution >= 0.6 is 27.7 Å². The van der Waals surface area contributed by atoms with Gasteiger partial charge in [0.25, 0.3) is 0 Å². The van der Waals surface area contributed by atoms with Crippen molar-refractivity contribution < 1.29 is 0 Å². The molecule has 3 N–H and O–H groups in total. The van der Waals surface area contributed by atoms with Gasteiger partial charge in [-0.05, 0) is 40.2 Å². The zero-order valence-electron chi connectivity index (χ0n) is 8.85. The number of rotatable bonds is 3. The maximum Gasteiger partial charge on any atom is 0.141 e. The molecule has 0 saturated heterocycles. The molecule has 5 heteroatoms. The second-order valence-electron chi connectivity index (χ2n) is 3.33. The summed E-state index contributed by atoms with van der Waals surface area (Å²) in [5, 5.41) is 7.26. The van der Waals surface area contributed by atoms with Crippen LogP contribution in [0.15, 0.2) is 56.9 Å². The summed E-state index contributed by atoms with van der Waals surface area (Å²) in [7, 11) is 0. The Labute approximate surface area is 112 Å². The summed E-state index contributed by atoms with van der Waals surface area (Å²) in [6.45, 7) is 0. The first-order valence-electron chi connectivity index (χ1n) is 4.89. The van der Waals surface area contributed by atoms with Crippen LogP contribution < -0.4 is 5.73 Å². The van der Waals surface area contributed by atoms with Crippen molar-refractivity contribution in [2.45, 2.75) is 9.79 Å². The van der Waals surface area contributed by atoms with Gasteiger partial charge in [0, 0.05) is 20.5 Å². The van der Waals surface area contributed by atoms with Crippen LogP contribution in [-0.2, 0) is 0 Å². The van der Waals surface area contributed by atoms with Crippen LogP contribution in [0.3, 0.4) is 0 Å². The van der Waals surface area contributed by atoms with Crippen molar-refractivity contribution in [2.24, 2.45) is 5.73 Å². The molecule has 0 aliphatic rings. The van der Waals surface area contributed by atoms with Gasteiger partial charge in [0.15, 0.2) is 0 Å². The van der Waals surface area contributed by atoms with Gasteiger partial charge in [-0.25, -0.2) is 0 Å². The van der Waals surface area contributed by atoms with Crippen molar-refractivity contribution in [2.75, 3.05) is 0 Å². The van der Waals surface area contributed by atoms with E-state index in [1.165, 1.54) is 0 Å². The quantitative estimate of drug-likeness (QED) is 0.675. The molecule has 1 heterocycles. The van der Waals surface area contributed by atoms with Gasteiger partial charge in [-0.1, -0.05) is 23.9 Å². The molecule has 0 bridgehead atoms. The van der Waals surface area contributed by atoms with Gasteiger partial charge in [-0.2, -0.15) is 0 Å². The third kappa shape index (κ3) is 3.08. The maximum atomic E-state index is 7.26. The van der Waals surface area contributed by atoms with Crippen molar-refractivity contribution in [3.8, 4) is 0 Å². The maximum absolute atomic E-state index is 7.26. The number of amidine groups is 1. The Balaban J connectivity index is 2.20. The highest BCUT2D eigenvalue weighted by Crippen LogP contribution is 2.32. The van der Waals surface area contributed by atoms with E-state index in [-0.39, 0.29) is 5.84 Å². The number of nitrogens with zero attached hydrogens (tertiary/aromatic N) is 1. The monoisotopic (exact) mass is 307 g/mol. The fraction of sp³-hybridized carbons (Fsp3) is 0. The van der Waals surface area contributed by atoms with E-state index in [2.05, 4.69) is 20.9 Å². The lowest BCUT2D eigenvalue weighted by Gasteiger charge is -2.04. The number of nitrogens with two attached hydrogens (primary N) is 1. The van der Waals surface area contributed by atoms with Crippen molar-refractivity contribution in [1.82, 2.24) is 4.98 Å². The fourth-order valence-electron chi connectivity index (χ4n) is 1.25. The van der Waals surface area contributed by atoms with Crippen LogP contribution in [0, 0.1) is 5.41 Å². The Morgan fingerprint density at radius 3 is 2.59 bits per heavy atom. The molecule has 1 aromatic heterocycles. The van der Waals surface area contributed by atoms with Crippen LogP contribution in [-0.4, -0.2) is 10.8 Å². The highest BCUT2D eigenvalue weighted by atomic mass is 79.9. The van der Waals surface area contributed by atoms with Gasteiger partial charge in [0.1, 0.15) is 11.5 Å². The average molecular weight is 308 g/mol. The standard InChI is InChI=1S/C12H10BrN3S/c13-9-3-1-2-4-11(9)17-8-5-6-10(12(14)15)16-7-8/h1-7H,(H3,14,15). The third-order valence-electron chi connectivity index (χ3n) is 2.08. The molecular weight excluding hydrogens is 298 g/mol. The topological polar surface area (TPSA) is 62.8 Å². The number of hydrogen-bond donors (Lipinski definition) is 2. The number of pyridine rings is 1. The normalized spacial score (nSPS) is 10.2. The fourth-order valence-corrected chi connectivity index (χ4v) is 2.59.